The molecular weight excluding hydrogens is 316 g/mol. The lowest BCUT2D eigenvalue weighted by molar-refractivity contribution is -0.384. The highest BCUT2D eigenvalue weighted by molar-refractivity contribution is 7.99. The van der Waals surface area contributed by atoms with E-state index in [9.17, 15) is 14.9 Å². The molecule has 0 unspecified atom stereocenters. The van der Waals surface area contributed by atoms with Gasteiger partial charge in [-0.25, -0.2) is 0 Å². The second-order valence-corrected chi connectivity index (χ2v) is 5.65. The van der Waals surface area contributed by atoms with Gasteiger partial charge in [-0.1, -0.05) is 30.3 Å². The number of methoxy groups -OCH3 is 1. The number of nitro groups is 1. The summed E-state index contributed by atoms with van der Waals surface area (Å²) in [7, 11) is 1.43. The lowest BCUT2D eigenvalue weighted by Crippen LogP contribution is -2.15. The van der Waals surface area contributed by atoms with Crippen molar-refractivity contribution in [1.82, 2.24) is 0 Å². The highest BCUT2D eigenvalue weighted by Gasteiger charge is 2.17. The third-order valence-corrected chi connectivity index (χ3v) is 4.02. The molecule has 0 radical (unpaired) electrons. The zero-order chi connectivity index (χ0) is 16.7. The van der Waals surface area contributed by atoms with Gasteiger partial charge in [0.25, 0.3) is 5.69 Å². The number of hydrogen-bond acceptors (Lipinski definition) is 5. The number of carbonyl (C=O) groups is 1. The predicted molar refractivity (Wildman–Crippen MR) is 90.9 cm³/mol. The van der Waals surface area contributed by atoms with Crippen LogP contribution in [0.5, 0.6) is 5.75 Å². The van der Waals surface area contributed by atoms with Crippen LogP contribution in [0.25, 0.3) is 0 Å². The highest BCUT2D eigenvalue weighted by Crippen LogP contribution is 2.29. The van der Waals surface area contributed by atoms with Crippen LogP contribution >= 0.6 is 11.8 Å². The molecule has 2 aromatic rings. The smallest absolute Gasteiger partial charge is 0.296 e. The predicted octanol–water partition coefficient (Wildman–Crippen LogP) is 3.48. The van der Waals surface area contributed by atoms with E-state index in [0.29, 0.717) is 11.5 Å². The first-order chi connectivity index (χ1) is 11.1. The van der Waals surface area contributed by atoms with Crippen LogP contribution in [0, 0.1) is 10.1 Å². The molecule has 0 saturated carbocycles. The first kappa shape index (κ1) is 16.8. The standard InChI is InChI=1S/C16H16N2O4S/c1-22-13-7-8-14(15(9-13)18(20)21)17-16(19)11-23-10-12-5-3-2-4-6-12/h2-9H,10-11H2,1H3,(H,17,19). The number of nitrogens with one attached hydrogen (secondary N) is 1. The number of carbonyl (C=O) groups excluding carboxylic acids is 1. The van der Waals surface area contributed by atoms with Gasteiger partial charge in [0.1, 0.15) is 11.4 Å². The minimum Gasteiger partial charge on any atom is -0.496 e. The van der Waals surface area contributed by atoms with Crippen LogP contribution in [0.1, 0.15) is 5.56 Å². The van der Waals surface area contributed by atoms with Crippen LogP contribution in [-0.2, 0) is 10.5 Å². The van der Waals surface area contributed by atoms with Crippen molar-refractivity contribution in [3.63, 3.8) is 0 Å². The number of nitro benzene ring substituents is 1. The van der Waals surface area contributed by atoms with Crippen LogP contribution < -0.4 is 10.1 Å². The van der Waals surface area contributed by atoms with Gasteiger partial charge in [0, 0.05) is 5.75 Å². The molecule has 0 saturated heterocycles. The van der Waals surface area contributed by atoms with Gasteiger partial charge in [0.2, 0.25) is 5.91 Å². The van der Waals surface area contributed by atoms with Crippen LogP contribution in [0.4, 0.5) is 11.4 Å². The normalized spacial score (nSPS) is 10.1. The summed E-state index contributed by atoms with van der Waals surface area (Å²) in [6.45, 7) is 0. The summed E-state index contributed by atoms with van der Waals surface area (Å²) in [6, 6.07) is 14.1. The number of amides is 1. The lowest BCUT2D eigenvalue weighted by atomic mass is 10.2. The SMILES string of the molecule is COc1ccc(NC(=O)CSCc2ccccc2)c([N+](=O)[O-])c1. The van der Waals surface area contributed by atoms with E-state index in [-0.39, 0.29) is 23.0 Å². The fourth-order valence-electron chi connectivity index (χ4n) is 1.92. The molecule has 6 nitrogen and oxygen atoms in total. The van der Waals surface area contributed by atoms with E-state index >= 15 is 0 Å². The van der Waals surface area contributed by atoms with Crippen molar-refractivity contribution in [3.05, 3.63) is 64.2 Å². The zero-order valence-electron chi connectivity index (χ0n) is 12.5. The fraction of sp³-hybridized carbons (Fsp3) is 0.188. The Balaban J connectivity index is 1.93. The van der Waals surface area contributed by atoms with Gasteiger partial charge in [-0.2, -0.15) is 0 Å². The monoisotopic (exact) mass is 332 g/mol. The molecule has 0 bridgehead atoms. The zero-order valence-corrected chi connectivity index (χ0v) is 13.3. The Labute approximate surface area is 138 Å². The largest absolute Gasteiger partial charge is 0.496 e. The summed E-state index contributed by atoms with van der Waals surface area (Å²) in [4.78, 5) is 22.5. The molecular formula is C16H16N2O4S. The Morgan fingerprint density at radius 1 is 1.26 bits per heavy atom. The average Bonchev–Trinajstić information content (AvgIpc) is 2.56. The number of anilines is 1. The Bertz CT molecular complexity index is 692. The summed E-state index contributed by atoms with van der Waals surface area (Å²) in [5.41, 5.74) is 1.10. The first-order valence-corrected chi connectivity index (χ1v) is 7.99. The summed E-state index contributed by atoms with van der Waals surface area (Å²) in [5.74, 6) is 1.02. The van der Waals surface area contributed by atoms with E-state index in [1.165, 1.54) is 31.0 Å². The maximum atomic E-state index is 11.9. The van der Waals surface area contributed by atoms with Gasteiger partial charge in [0.15, 0.2) is 0 Å². The molecule has 0 spiro atoms. The van der Waals surface area contributed by atoms with Crippen LogP contribution in [0.15, 0.2) is 48.5 Å². The Morgan fingerprint density at radius 2 is 2.00 bits per heavy atom. The molecule has 23 heavy (non-hydrogen) atoms. The van der Waals surface area contributed by atoms with Crippen molar-refractivity contribution < 1.29 is 14.5 Å². The van der Waals surface area contributed by atoms with E-state index in [0.717, 1.165) is 5.56 Å². The average molecular weight is 332 g/mol. The van der Waals surface area contributed by atoms with Crippen molar-refractivity contribution in [2.75, 3.05) is 18.2 Å². The third-order valence-electron chi connectivity index (χ3n) is 3.02. The maximum absolute atomic E-state index is 11.9. The Hall–Kier alpha value is -2.54. The molecule has 2 aromatic carbocycles. The van der Waals surface area contributed by atoms with Crippen LogP contribution in [0.2, 0.25) is 0 Å². The number of ether oxygens (including phenoxy) is 1. The molecule has 2 rings (SSSR count). The molecule has 0 aliphatic rings. The first-order valence-electron chi connectivity index (χ1n) is 6.84. The second-order valence-electron chi connectivity index (χ2n) is 4.67. The van der Waals surface area contributed by atoms with Crippen molar-refractivity contribution >= 4 is 29.0 Å². The number of thioether (sulfide) groups is 1. The van der Waals surface area contributed by atoms with Crippen molar-refractivity contribution in [3.8, 4) is 5.75 Å². The van der Waals surface area contributed by atoms with Gasteiger partial charge >= 0.3 is 0 Å². The van der Waals surface area contributed by atoms with E-state index in [4.69, 9.17) is 4.74 Å². The van der Waals surface area contributed by atoms with Gasteiger partial charge < -0.3 is 10.1 Å². The quantitative estimate of drug-likeness (QED) is 0.620. The summed E-state index contributed by atoms with van der Waals surface area (Å²) < 4.78 is 4.96. The molecule has 0 aliphatic heterocycles. The Kier molecular flexibility index (Phi) is 5.99. The summed E-state index contributed by atoms with van der Waals surface area (Å²) >= 11 is 1.45. The molecule has 1 amide bonds. The van der Waals surface area contributed by atoms with Gasteiger partial charge in [0.05, 0.1) is 23.9 Å². The van der Waals surface area contributed by atoms with E-state index in [1.807, 2.05) is 30.3 Å². The summed E-state index contributed by atoms with van der Waals surface area (Å²) in [5, 5.41) is 13.6. The van der Waals surface area contributed by atoms with E-state index in [2.05, 4.69) is 5.32 Å². The molecule has 0 fully saturated rings. The van der Waals surface area contributed by atoms with Crippen molar-refractivity contribution in [2.45, 2.75) is 5.75 Å². The topological polar surface area (TPSA) is 81.5 Å². The van der Waals surface area contributed by atoms with Gasteiger partial charge in [-0.15, -0.1) is 11.8 Å². The van der Waals surface area contributed by atoms with Gasteiger partial charge in [-0.3, -0.25) is 14.9 Å². The maximum Gasteiger partial charge on any atom is 0.296 e. The minimum atomic E-state index is -0.546. The highest BCUT2D eigenvalue weighted by atomic mass is 32.2. The lowest BCUT2D eigenvalue weighted by Gasteiger charge is -2.07. The molecule has 0 aromatic heterocycles. The van der Waals surface area contributed by atoms with Gasteiger partial charge in [-0.05, 0) is 17.7 Å². The number of benzene rings is 2. The number of hydrogen-bond donors (Lipinski definition) is 1. The Morgan fingerprint density at radius 3 is 2.65 bits per heavy atom. The van der Waals surface area contributed by atoms with E-state index < -0.39 is 4.92 Å². The molecule has 120 valence electrons. The van der Waals surface area contributed by atoms with Crippen molar-refractivity contribution in [1.29, 1.82) is 0 Å². The molecule has 0 atom stereocenters. The van der Waals surface area contributed by atoms with E-state index in [1.54, 1.807) is 6.07 Å². The molecule has 0 heterocycles. The molecule has 1 N–H and O–H groups in total. The number of rotatable bonds is 7. The van der Waals surface area contributed by atoms with Crippen LogP contribution in [-0.4, -0.2) is 23.7 Å². The minimum absolute atomic E-state index is 0.168. The number of nitrogens with zero attached hydrogens (tertiary/aromatic N) is 1. The third kappa shape index (κ3) is 5.00. The van der Waals surface area contributed by atoms with Crippen LogP contribution in [0.3, 0.4) is 0 Å². The summed E-state index contributed by atoms with van der Waals surface area (Å²) in [6.07, 6.45) is 0. The molecule has 0 aliphatic carbocycles. The molecule has 7 heteroatoms. The second kappa shape index (κ2) is 8.19. The van der Waals surface area contributed by atoms with Crippen molar-refractivity contribution in [2.24, 2.45) is 0 Å². The fourth-order valence-corrected chi connectivity index (χ4v) is 2.71.